The third-order valence-electron chi connectivity index (χ3n) is 1.92. The van der Waals surface area contributed by atoms with Crippen LogP contribution in [0.1, 0.15) is 13.8 Å². The van der Waals surface area contributed by atoms with Crippen LogP contribution in [0, 0.1) is 5.82 Å². The van der Waals surface area contributed by atoms with Crippen molar-refractivity contribution in [3.63, 3.8) is 0 Å². The van der Waals surface area contributed by atoms with E-state index in [2.05, 4.69) is 10.6 Å². The van der Waals surface area contributed by atoms with E-state index in [0.29, 0.717) is 0 Å². The number of amides is 2. The molecule has 0 saturated heterocycles. The lowest BCUT2D eigenvalue weighted by atomic mass is 10.3. The van der Waals surface area contributed by atoms with Crippen LogP contribution in [-0.2, 0) is 10.0 Å². The number of benzene rings is 1. The van der Waals surface area contributed by atoms with Gasteiger partial charge in [0.1, 0.15) is 10.7 Å². The molecule has 0 aliphatic heterocycles. The summed E-state index contributed by atoms with van der Waals surface area (Å²) in [5, 5.41) is 9.68. The van der Waals surface area contributed by atoms with E-state index in [4.69, 9.17) is 5.14 Å². The van der Waals surface area contributed by atoms with Crippen molar-refractivity contribution in [1.29, 1.82) is 0 Å². The molecule has 8 heteroatoms. The maximum Gasteiger partial charge on any atom is 0.319 e. The number of hydrogen-bond acceptors (Lipinski definition) is 3. The molecule has 0 aliphatic rings. The Bertz CT molecular complexity index is 557. The highest BCUT2D eigenvalue weighted by atomic mass is 32.2. The Balaban J connectivity index is 3.08. The summed E-state index contributed by atoms with van der Waals surface area (Å²) in [4.78, 5) is 11.1. The first-order valence-electron chi connectivity index (χ1n) is 5.10. The van der Waals surface area contributed by atoms with Crippen LogP contribution in [0.5, 0.6) is 0 Å². The van der Waals surface area contributed by atoms with E-state index in [-0.39, 0.29) is 16.6 Å². The van der Waals surface area contributed by atoms with E-state index in [1.807, 2.05) is 0 Å². The molecule has 0 saturated carbocycles. The Hall–Kier alpha value is -1.67. The maximum absolute atomic E-state index is 13.0. The van der Waals surface area contributed by atoms with Crippen molar-refractivity contribution in [3.8, 4) is 0 Å². The Labute approximate surface area is 104 Å². The molecule has 1 rings (SSSR count). The van der Waals surface area contributed by atoms with Crippen LogP contribution in [0.25, 0.3) is 0 Å². The summed E-state index contributed by atoms with van der Waals surface area (Å²) in [5.74, 6) is -0.678. The number of urea groups is 1. The fourth-order valence-electron chi connectivity index (χ4n) is 1.27. The minimum atomic E-state index is -4.03. The lowest BCUT2D eigenvalue weighted by Crippen LogP contribution is -2.34. The Morgan fingerprint density at radius 1 is 1.39 bits per heavy atom. The molecule has 2 amide bonds. The van der Waals surface area contributed by atoms with E-state index in [1.54, 1.807) is 13.8 Å². The highest BCUT2D eigenvalue weighted by Crippen LogP contribution is 2.21. The van der Waals surface area contributed by atoms with Gasteiger partial charge < -0.3 is 10.6 Å². The van der Waals surface area contributed by atoms with Crippen LogP contribution >= 0.6 is 0 Å². The lowest BCUT2D eigenvalue weighted by Gasteiger charge is -2.12. The first kappa shape index (κ1) is 14.4. The highest BCUT2D eigenvalue weighted by Gasteiger charge is 2.16. The highest BCUT2D eigenvalue weighted by molar-refractivity contribution is 7.89. The van der Waals surface area contributed by atoms with Crippen molar-refractivity contribution >= 4 is 21.7 Å². The fourth-order valence-corrected chi connectivity index (χ4v) is 1.94. The Morgan fingerprint density at radius 2 is 2.00 bits per heavy atom. The number of carbonyl (C=O) groups excluding carboxylic acids is 1. The van der Waals surface area contributed by atoms with Gasteiger partial charge in [-0.2, -0.15) is 0 Å². The summed E-state index contributed by atoms with van der Waals surface area (Å²) < 4.78 is 35.5. The van der Waals surface area contributed by atoms with Gasteiger partial charge in [0, 0.05) is 6.04 Å². The largest absolute Gasteiger partial charge is 0.336 e. The quantitative estimate of drug-likeness (QED) is 0.767. The molecule has 1 aromatic rings. The van der Waals surface area contributed by atoms with Gasteiger partial charge in [0.2, 0.25) is 10.0 Å². The van der Waals surface area contributed by atoms with Crippen molar-refractivity contribution in [2.24, 2.45) is 5.14 Å². The number of halogens is 1. The molecule has 0 bridgehead atoms. The molecule has 0 radical (unpaired) electrons. The first-order chi connectivity index (χ1) is 8.20. The van der Waals surface area contributed by atoms with Gasteiger partial charge in [0.15, 0.2) is 0 Å². The van der Waals surface area contributed by atoms with Gasteiger partial charge in [0.05, 0.1) is 5.69 Å². The van der Waals surface area contributed by atoms with Gasteiger partial charge in [-0.1, -0.05) is 0 Å². The lowest BCUT2D eigenvalue weighted by molar-refractivity contribution is 0.250. The second-order valence-electron chi connectivity index (χ2n) is 3.94. The van der Waals surface area contributed by atoms with Crippen molar-refractivity contribution in [2.45, 2.75) is 24.8 Å². The first-order valence-corrected chi connectivity index (χ1v) is 6.64. The molecule has 6 nitrogen and oxygen atoms in total. The number of sulfonamides is 1. The van der Waals surface area contributed by atoms with Gasteiger partial charge in [-0.25, -0.2) is 22.7 Å². The van der Waals surface area contributed by atoms with Crippen molar-refractivity contribution in [3.05, 3.63) is 24.0 Å². The fraction of sp³-hybridized carbons (Fsp3) is 0.300. The zero-order valence-corrected chi connectivity index (χ0v) is 10.7. The number of nitrogens with one attached hydrogen (secondary N) is 2. The molecule has 0 spiro atoms. The molecule has 0 aromatic heterocycles. The summed E-state index contributed by atoms with van der Waals surface area (Å²) in [7, 11) is -4.03. The van der Waals surface area contributed by atoms with Crippen LogP contribution in [0.4, 0.5) is 14.9 Å². The molecule has 4 N–H and O–H groups in total. The van der Waals surface area contributed by atoms with Gasteiger partial charge >= 0.3 is 6.03 Å². The van der Waals surface area contributed by atoms with Crippen LogP contribution in [0.3, 0.4) is 0 Å². The second-order valence-corrected chi connectivity index (χ2v) is 5.47. The number of primary sulfonamides is 1. The van der Waals surface area contributed by atoms with Gasteiger partial charge in [-0.15, -0.1) is 0 Å². The number of rotatable bonds is 3. The van der Waals surface area contributed by atoms with Crippen LogP contribution in [-0.4, -0.2) is 20.5 Å². The minimum absolute atomic E-state index is 0.142. The molecule has 0 aliphatic carbocycles. The monoisotopic (exact) mass is 275 g/mol. The number of anilines is 1. The summed E-state index contributed by atoms with van der Waals surface area (Å²) in [6.07, 6.45) is 0. The van der Waals surface area contributed by atoms with Crippen LogP contribution in [0.15, 0.2) is 23.1 Å². The van der Waals surface area contributed by atoms with Crippen molar-refractivity contribution in [1.82, 2.24) is 5.32 Å². The topological polar surface area (TPSA) is 101 Å². The normalized spacial score (nSPS) is 11.4. The molecule has 100 valence electrons. The van der Waals surface area contributed by atoms with Crippen molar-refractivity contribution < 1.29 is 17.6 Å². The number of hydrogen-bond donors (Lipinski definition) is 3. The molecule has 0 unspecified atom stereocenters. The van der Waals surface area contributed by atoms with Gasteiger partial charge in [-0.3, -0.25) is 0 Å². The average molecular weight is 275 g/mol. The molecule has 1 aromatic carbocycles. The van der Waals surface area contributed by atoms with E-state index >= 15 is 0 Å². The van der Waals surface area contributed by atoms with Crippen molar-refractivity contribution in [2.75, 3.05) is 5.32 Å². The molecule has 0 heterocycles. The molecule has 18 heavy (non-hydrogen) atoms. The minimum Gasteiger partial charge on any atom is -0.336 e. The predicted molar refractivity (Wildman–Crippen MR) is 65.1 cm³/mol. The van der Waals surface area contributed by atoms with E-state index in [0.717, 1.165) is 18.2 Å². The predicted octanol–water partition coefficient (Wildman–Crippen LogP) is 1.00. The summed E-state index contributed by atoms with van der Waals surface area (Å²) in [6, 6.07) is 2.05. The molecule has 0 fully saturated rings. The second kappa shape index (κ2) is 5.32. The number of nitrogens with two attached hydrogens (primary N) is 1. The maximum atomic E-state index is 13.0. The van der Waals surface area contributed by atoms with Crippen LogP contribution < -0.4 is 15.8 Å². The van der Waals surface area contributed by atoms with Gasteiger partial charge in [-0.05, 0) is 32.0 Å². The van der Waals surface area contributed by atoms with E-state index < -0.39 is 21.9 Å². The third kappa shape index (κ3) is 3.97. The summed E-state index contributed by atoms with van der Waals surface area (Å²) >= 11 is 0. The van der Waals surface area contributed by atoms with E-state index in [1.165, 1.54) is 0 Å². The summed E-state index contributed by atoms with van der Waals surface area (Å²) in [5.41, 5.74) is -0.198. The zero-order valence-electron chi connectivity index (χ0n) is 9.90. The molecular weight excluding hydrogens is 261 g/mol. The zero-order chi connectivity index (χ0) is 13.9. The average Bonchev–Trinajstić information content (AvgIpc) is 2.13. The standard InChI is InChI=1S/C10H14FN3O3S/c1-6(2)13-10(15)14-8-5-7(11)3-4-9(8)18(12,16)17/h3-6H,1-2H3,(H2,12,16,17)(H2,13,14,15). The Kier molecular flexibility index (Phi) is 4.25. The molecular formula is C10H14FN3O3S. The molecule has 0 atom stereocenters. The smallest absolute Gasteiger partial charge is 0.319 e. The Morgan fingerprint density at radius 3 is 2.50 bits per heavy atom. The third-order valence-corrected chi connectivity index (χ3v) is 2.89. The van der Waals surface area contributed by atoms with E-state index in [9.17, 15) is 17.6 Å². The number of carbonyl (C=O) groups is 1. The van der Waals surface area contributed by atoms with Crippen LogP contribution in [0.2, 0.25) is 0 Å². The summed E-state index contributed by atoms with van der Waals surface area (Å²) in [6.45, 7) is 3.46. The van der Waals surface area contributed by atoms with Gasteiger partial charge in [0.25, 0.3) is 0 Å². The SMILES string of the molecule is CC(C)NC(=O)Nc1cc(F)ccc1S(N)(=O)=O.